The monoisotopic (exact) mass is 498 g/mol. The summed E-state index contributed by atoms with van der Waals surface area (Å²) in [5, 5.41) is 7.86. The minimum Gasteiger partial charge on any atom is -0.360 e. The zero-order chi connectivity index (χ0) is 24.2. The molecule has 3 aliphatic rings. The summed E-state index contributed by atoms with van der Waals surface area (Å²) in [6, 6.07) is 5.76. The number of halogens is 1. The molecule has 0 unspecified atom stereocenters. The van der Waals surface area contributed by atoms with Crippen molar-refractivity contribution in [2.24, 2.45) is 11.8 Å². The summed E-state index contributed by atoms with van der Waals surface area (Å²) in [6.45, 7) is 3.02. The molecule has 2 heterocycles. The van der Waals surface area contributed by atoms with E-state index in [9.17, 15) is 9.59 Å². The summed E-state index contributed by atoms with van der Waals surface area (Å²) in [5.41, 5.74) is 1.37. The van der Waals surface area contributed by atoms with E-state index in [0.29, 0.717) is 23.0 Å². The number of carbonyl (C=O) groups excluding carboxylic acids is 2. The second kappa shape index (κ2) is 11.3. The van der Waals surface area contributed by atoms with Gasteiger partial charge in [0.1, 0.15) is 6.04 Å². The second-order valence-corrected chi connectivity index (χ2v) is 11.3. The van der Waals surface area contributed by atoms with Gasteiger partial charge in [-0.05, 0) is 75.6 Å². The third-order valence-electron chi connectivity index (χ3n) is 8.64. The summed E-state index contributed by atoms with van der Waals surface area (Å²) < 4.78 is 0. The van der Waals surface area contributed by atoms with E-state index >= 15 is 0 Å². The van der Waals surface area contributed by atoms with Crippen LogP contribution in [0.1, 0.15) is 81.0 Å². The van der Waals surface area contributed by atoms with Crippen LogP contribution in [-0.2, 0) is 4.79 Å². The summed E-state index contributed by atoms with van der Waals surface area (Å²) >= 11 is 6.18. The maximum atomic E-state index is 13.4. The van der Waals surface area contributed by atoms with E-state index < -0.39 is 6.04 Å². The Morgan fingerprint density at radius 3 is 2.46 bits per heavy atom. The molecule has 1 aromatic carbocycles. The number of rotatable bonds is 7. The maximum absolute atomic E-state index is 13.4. The molecule has 2 saturated carbocycles. The number of amides is 2. The van der Waals surface area contributed by atoms with Crippen LogP contribution in [0.25, 0.3) is 10.9 Å². The molecular weight excluding hydrogens is 460 g/mol. The van der Waals surface area contributed by atoms with E-state index in [1.807, 2.05) is 12.1 Å². The average molecular weight is 499 g/mol. The van der Waals surface area contributed by atoms with Crippen LogP contribution in [0.15, 0.2) is 24.4 Å². The molecule has 0 radical (unpaired) electrons. The van der Waals surface area contributed by atoms with Crippen molar-refractivity contribution in [2.45, 2.75) is 82.7 Å². The zero-order valence-corrected chi connectivity index (χ0v) is 21.4. The van der Waals surface area contributed by atoms with E-state index in [1.54, 1.807) is 12.3 Å². The van der Waals surface area contributed by atoms with E-state index in [4.69, 9.17) is 11.6 Å². The number of H-pyrrole nitrogens is 1. The Labute approximate surface area is 213 Å². The van der Waals surface area contributed by atoms with Crippen molar-refractivity contribution < 1.29 is 9.59 Å². The Kier molecular flexibility index (Phi) is 7.98. The lowest BCUT2D eigenvalue weighted by Crippen LogP contribution is -2.52. The van der Waals surface area contributed by atoms with Gasteiger partial charge in [-0.1, -0.05) is 49.8 Å². The Balaban J connectivity index is 1.19. The molecule has 3 N–H and O–H groups in total. The molecule has 35 heavy (non-hydrogen) atoms. The Hall–Kier alpha value is -2.05. The van der Waals surface area contributed by atoms with Gasteiger partial charge >= 0.3 is 0 Å². The lowest BCUT2D eigenvalue weighted by atomic mass is 9.83. The molecule has 1 atom stereocenters. The van der Waals surface area contributed by atoms with Crippen molar-refractivity contribution in [3.8, 4) is 0 Å². The molecule has 7 heteroatoms. The molecule has 1 aromatic heterocycles. The first-order valence-electron chi connectivity index (χ1n) is 13.7. The van der Waals surface area contributed by atoms with Crippen molar-refractivity contribution in [1.82, 2.24) is 20.5 Å². The van der Waals surface area contributed by atoms with E-state index in [2.05, 4.69) is 20.5 Å². The first kappa shape index (κ1) is 24.6. The first-order valence-corrected chi connectivity index (χ1v) is 14.1. The molecule has 1 saturated heterocycles. The molecule has 1 aliphatic heterocycles. The SMILES string of the molecule is O=C(N[C@@H](C(=O)NCC1CCN(C2CCCC2)CC1)C1CCCCC1)c1ccc2c(Cl)c[nH]c2c1. The van der Waals surface area contributed by atoms with Gasteiger partial charge in [0.25, 0.3) is 5.91 Å². The topological polar surface area (TPSA) is 77.2 Å². The van der Waals surface area contributed by atoms with Crippen LogP contribution >= 0.6 is 11.6 Å². The maximum Gasteiger partial charge on any atom is 0.252 e. The first-order chi connectivity index (χ1) is 17.1. The number of nitrogens with one attached hydrogen (secondary N) is 3. The largest absolute Gasteiger partial charge is 0.360 e. The minimum atomic E-state index is -0.482. The molecule has 3 fully saturated rings. The molecule has 5 rings (SSSR count). The lowest BCUT2D eigenvalue weighted by molar-refractivity contribution is -0.124. The molecule has 0 spiro atoms. The van der Waals surface area contributed by atoms with Crippen LogP contribution in [0.3, 0.4) is 0 Å². The van der Waals surface area contributed by atoms with Crippen molar-refractivity contribution >= 4 is 34.3 Å². The van der Waals surface area contributed by atoms with Crippen LogP contribution < -0.4 is 10.6 Å². The normalized spacial score (nSPS) is 21.9. The molecule has 2 aromatic rings. The third-order valence-corrected chi connectivity index (χ3v) is 8.95. The number of nitrogens with zero attached hydrogens (tertiary/aromatic N) is 1. The van der Waals surface area contributed by atoms with Crippen LogP contribution in [0.4, 0.5) is 0 Å². The highest BCUT2D eigenvalue weighted by atomic mass is 35.5. The molecule has 2 amide bonds. The van der Waals surface area contributed by atoms with Gasteiger partial charge in [0.2, 0.25) is 5.91 Å². The molecule has 6 nitrogen and oxygen atoms in total. The van der Waals surface area contributed by atoms with Crippen LogP contribution in [-0.4, -0.2) is 53.4 Å². The Morgan fingerprint density at radius 1 is 1.00 bits per heavy atom. The van der Waals surface area contributed by atoms with Gasteiger partial charge in [0, 0.05) is 35.2 Å². The third kappa shape index (κ3) is 5.86. The number of benzene rings is 1. The smallest absolute Gasteiger partial charge is 0.252 e. The fourth-order valence-electron chi connectivity index (χ4n) is 6.47. The van der Waals surface area contributed by atoms with Gasteiger partial charge < -0.3 is 20.5 Å². The Bertz CT molecular complexity index is 1020. The molecule has 0 bridgehead atoms. The number of likely N-dealkylation sites (tertiary alicyclic amines) is 1. The van der Waals surface area contributed by atoms with Gasteiger partial charge in [0.15, 0.2) is 0 Å². The predicted octanol–water partition coefficient (Wildman–Crippen LogP) is 5.27. The number of fused-ring (bicyclic) bond motifs is 1. The van der Waals surface area contributed by atoms with E-state index in [-0.39, 0.29) is 17.7 Å². The van der Waals surface area contributed by atoms with Gasteiger partial charge in [0.05, 0.1) is 5.02 Å². The molecular formula is C28H39ClN4O2. The fourth-order valence-corrected chi connectivity index (χ4v) is 6.69. The highest BCUT2D eigenvalue weighted by Gasteiger charge is 2.32. The molecule has 2 aliphatic carbocycles. The number of piperidine rings is 1. The summed E-state index contributed by atoms with van der Waals surface area (Å²) in [5.74, 6) is 0.501. The van der Waals surface area contributed by atoms with Gasteiger partial charge in [-0.25, -0.2) is 0 Å². The van der Waals surface area contributed by atoms with Crippen LogP contribution in [0.2, 0.25) is 5.02 Å². The number of carbonyl (C=O) groups is 2. The van der Waals surface area contributed by atoms with Gasteiger partial charge in [-0.2, -0.15) is 0 Å². The Morgan fingerprint density at radius 2 is 1.71 bits per heavy atom. The summed E-state index contributed by atoms with van der Waals surface area (Å²) in [6.07, 6.45) is 14.9. The predicted molar refractivity (Wildman–Crippen MR) is 141 cm³/mol. The minimum absolute atomic E-state index is 0.0209. The lowest BCUT2D eigenvalue weighted by Gasteiger charge is -2.36. The van der Waals surface area contributed by atoms with Crippen molar-refractivity contribution in [1.29, 1.82) is 0 Å². The average Bonchev–Trinajstić information content (AvgIpc) is 3.57. The number of aromatic amines is 1. The number of hydrogen-bond acceptors (Lipinski definition) is 3. The van der Waals surface area contributed by atoms with E-state index in [1.165, 1.54) is 32.1 Å². The highest BCUT2D eigenvalue weighted by molar-refractivity contribution is 6.35. The van der Waals surface area contributed by atoms with Gasteiger partial charge in [-0.3, -0.25) is 9.59 Å². The molecule has 190 valence electrons. The van der Waals surface area contributed by atoms with Crippen LogP contribution in [0, 0.1) is 11.8 Å². The standard InChI is InChI=1S/C28H39ClN4O2/c29-24-18-30-25-16-21(10-11-23(24)25)27(34)32-26(20-6-2-1-3-7-20)28(35)31-17-19-12-14-33(15-13-19)22-8-4-5-9-22/h10-11,16,18-20,22,26,30H,1-9,12-15,17H2,(H,31,35)(H,32,34)/t26-/m1/s1. The second-order valence-electron chi connectivity index (χ2n) is 10.9. The fraction of sp³-hybridized carbons (Fsp3) is 0.643. The van der Waals surface area contributed by atoms with Crippen molar-refractivity contribution in [2.75, 3.05) is 19.6 Å². The van der Waals surface area contributed by atoms with Gasteiger partial charge in [-0.15, -0.1) is 0 Å². The number of aromatic nitrogens is 1. The zero-order valence-electron chi connectivity index (χ0n) is 20.7. The quantitative estimate of drug-likeness (QED) is 0.486. The van der Waals surface area contributed by atoms with E-state index in [0.717, 1.165) is 68.6 Å². The summed E-state index contributed by atoms with van der Waals surface area (Å²) in [7, 11) is 0. The highest BCUT2D eigenvalue weighted by Crippen LogP contribution is 2.29. The number of hydrogen-bond donors (Lipinski definition) is 3. The summed E-state index contributed by atoms with van der Waals surface area (Å²) in [4.78, 5) is 32.3. The van der Waals surface area contributed by atoms with Crippen LogP contribution in [0.5, 0.6) is 0 Å². The van der Waals surface area contributed by atoms with Crippen molar-refractivity contribution in [3.63, 3.8) is 0 Å². The van der Waals surface area contributed by atoms with Crippen molar-refractivity contribution in [3.05, 3.63) is 35.0 Å².